The van der Waals surface area contributed by atoms with E-state index in [-0.39, 0.29) is 12.4 Å². The van der Waals surface area contributed by atoms with E-state index in [1.54, 1.807) is 24.3 Å². The molecule has 4 aromatic rings. The monoisotopic (exact) mass is 563 g/mol. The number of benzene rings is 3. The predicted molar refractivity (Wildman–Crippen MR) is 147 cm³/mol. The van der Waals surface area contributed by atoms with E-state index < -0.39 is 0 Å². The van der Waals surface area contributed by atoms with E-state index >= 15 is 0 Å². The zero-order chi connectivity index (χ0) is 26.0. The molecule has 4 rings (SSSR count). The maximum absolute atomic E-state index is 13.4. The summed E-state index contributed by atoms with van der Waals surface area (Å²) in [5, 5.41) is 4.44. The van der Waals surface area contributed by atoms with E-state index in [4.69, 9.17) is 49.0 Å². The summed E-state index contributed by atoms with van der Waals surface area (Å²) >= 11 is 18.1. The van der Waals surface area contributed by atoms with Crippen LogP contribution in [0.2, 0.25) is 5.02 Å². The number of nitrogens with zero attached hydrogens (tertiary/aromatic N) is 2. The molecule has 194 valence electrons. The van der Waals surface area contributed by atoms with Crippen molar-refractivity contribution in [3.63, 3.8) is 0 Å². The van der Waals surface area contributed by atoms with E-state index in [1.807, 2.05) is 18.2 Å². The first-order valence-corrected chi connectivity index (χ1v) is 13.1. The second kappa shape index (κ2) is 13.5. The van der Waals surface area contributed by atoms with Crippen molar-refractivity contribution in [3.05, 3.63) is 77.3 Å². The second-order valence-corrected chi connectivity index (χ2v) is 9.17. The van der Waals surface area contributed by atoms with Gasteiger partial charge in [0.15, 0.2) is 11.5 Å². The third-order valence-corrected chi connectivity index (χ3v) is 6.08. The number of nitrogens with one attached hydrogen (secondary N) is 1. The van der Waals surface area contributed by atoms with Gasteiger partial charge in [-0.1, -0.05) is 23.7 Å². The van der Waals surface area contributed by atoms with Gasteiger partial charge < -0.3 is 19.5 Å². The fourth-order valence-electron chi connectivity index (χ4n) is 3.48. The van der Waals surface area contributed by atoms with Crippen LogP contribution in [0, 0.1) is 5.82 Å². The lowest BCUT2D eigenvalue weighted by Crippen LogP contribution is -2.04. The van der Waals surface area contributed by atoms with Gasteiger partial charge in [0.1, 0.15) is 30.3 Å². The molecule has 0 aliphatic carbocycles. The summed E-state index contributed by atoms with van der Waals surface area (Å²) in [6.07, 6.45) is 2.88. The van der Waals surface area contributed by atoms with Crippen LogP contribution in [0.3, 0.4) is 0 Å². The van der Waals surface area contributed by atoms with Gasteiger partial charge in [0.25, 0.3) is 0 Å². The third kappa shape index (κ3) is 7.51. The van der Waals surface area contributed by atoms with Gasteiger partial charge in [0.2, 0.25) is 0 Å². The smallest absolute Gasteiger partial charge is 0.163 e. The Hall–Kier alpha value is -3.00. The van der Waals surface area contributed by atoms with Gasteiger partial charge in [0, 0.05) is 28.9 Å². The minimum absolute atomic E-state index is 0.197. The summed E-state index contributed by atoms with van der Waals surface area (Å²) in [4.78, 5) is 8.81. The molecule has 0 aliphatic heterocycles. The number of halogens is 4. The highest BCUT2D eigenvalue weighted by Crippen LogP contribution is 2.36. The van der Waals surface area contributed by atoms with Crippen LogP contribution >= 0.6 is 34.8 Å². The Morgan fingerprint density at radius 1 is 0.811 bits per heavy atom. The number of fused-ring (bicyclic) bond motifs is 1. The maximum Gasteiger partial charge on any atom is 0.163 e. The molecule has 0 atom stereocenters. The fourth-order valence-corrected chi connectivity index (χ4v) is 3.94. The summed E-state index contributed by atoms with van der Waals surface area (Å²) in [5.74, 6) is 2.90. The van der Waals surface area contributed by atoms with Crippen molar-refractivity contribution in [2.75, 3.05) is 30.3 Å². The summed E-state index contributed by atoms with van der Waals surface area (Å²) in [6.45, 7) is 1.11. The van der Waals surface area contributed by atoms with E-state index in [0.29, 0.717) is 82.7 Å². The first kappa shape index (κ1) is 27.0. The van der Waals surface area contributed by atoms with Crippen LogP contribution < -0.4 is 19.5 Å². The minimum atomic E-state index is -0.314. The molecular formula is C27H25Cl3FN3O3. The van der Waals surface area contributed by atoms with Crippen molar-refractivity contribution in [3.8, 4) is 17.2 Å². The number of hydrogen-bond donors (Lipinski definition) is 1. The fraction of sp³-hybridized carbons (Fsp3) is 0.259. The third-order valence-electron chi connectivity index (χ3n) is 5.25. The highest BCUT2D eigenvalue weighted by Gasteiger charge is 2.14. The van der Waals surface area contributed by atoms with Crippen LogP contribution in [0.1, 0.15) is 18.4 Å². The van der Waals surface area contributed by atoms with Crippen LogP contribution in [0.25, 0.3) is 10.9 Å². The van der Waals surface area contributed by atoms with Crippen molar-refractivity contribution >= 4 is 57.2 Å². The molecule has 0 aliphatic rings. The normalized spacial score (nSPS) is 10.9. The van der Waals surface area contributed by atoms with E-state index in [2.05, 4.69) is 15.3 Å². The van der Waals surface area contributed by atoms with E-state index in [9.17, 15) is 4.39 Å². The molecule has 0 saturated heterocycles. The van der Waals surface area contributed by atoms with Crippen LogP contribution in [-0.2, 0) is 6.61 Å². The lowest BCUT2D eigenvalue weighted by molar-refractivity contribution is 0.269. The zero-order valence-electron chi connectivity index (χ0n) is 19.9. The van der Waals surface area contributed by atoms with E-state index in [1.165, 1.54) is 18.5 Å². The molecule has 0 unspecified atom stereocenters. The highest BCUT2D eigenvalue weighted by atomic mass is 35.5. The summed E-state index contributed by atoms with van der Waals surface area (Å²) < 4.78 is 31.0. The Bertz CT molecular complexity index is 1340. The zero-order valence-corrected chi connectivity index (χ0v) is 22.1. The Morgan fingerprint density at radius 3 is 2.27 bits per heavy atom. The molecule has 37 heavy (non-hydrogen) atoms. The molecule has 3 aromatic carbocycles. The van der Waals surface area contributed by atoms with Crippen molar-refractivity contribution in [2.45, 2.75) is 19.4 Å². The lowest BCUT2D eigenvalue weighted by Gasteiger charge is -2.15. The number of rotatable bonds is 13. The number of aromatic nitrogens is 2. The molecule has 10 heteroatoms. The lowest BCUT2D eigenvalue weighted by atomic mass is 10.2. The minimum Gasteiger partial charge on any atom is -0.490 e. The van der Waals surface area contributed by atoms with Gasteiger partial charge in [0.05, 0.1) is 23.8 Å². The number of anilines is 2. The molecule has 0 spiro atoms. The van der Waals surface area contributed by atoms with Gasteiger partial charge in [-0.25, -0.2) is 14.4 Å². The Kier molecular flexibility index (Phi) is 9.88. The average molecular weight is 565 g/mol. The Labute approximate surface area is 229 Å². The van der Waals surface area contributed by atoms with Gasteiger partial charge in [-0.15, -0.1) is 23.2 Å². The summed E-state index contributed by atoms with van der Waals surface area (Å²) in [5.41, 5.74) is 2.10. The quantitative estimate of drug-likeness (QED) is 0.132. The average Bonchev–Trinajstić information content (AvgIpc) is 2.89. The molecule has 0 radical (unpaired) electrons. The Balaban J connectivity index is 1.54. The van der Waals surface area contributed by atoms with Crippen molar-refractivity contribution < 1.29 is 18.6 Å². The van der Waals surface area contributed by atoms with Gasteiger partial charge >= 0.3 is 0 Å². The first-order valence-electron chi connectivity index (χ1n) is 11.7. The molecule has 0 amide bonds. The largest absolute Gasteiger partial charge is 0.490 e. The van der Waals surface area contributed by atoms with Gasteiger partial charge in [-0.05, 0) is 54.8 Å². The van der Waals surface area contributed by atoms with Crippen LogP contribution in [0.4, 0.5) is 15.9 Å². The molecule has 0 saturated carbocycles. The van der Waals surface area contributed by atoms with Crippen molar-refractivity contribution in [1.29, 1.82) is 0 Å². The first-order chi connectivity index (χ1) is 18.1. The second-order valence-electron chi connectivity index (χ2n) is 8.01. The maximum atomic E-state index is 13.4. The topological polar surface area (TPSA) is 65.5 Å². The van der Waals surface area contributed by atoms with Crippen molar-refractivity contribution in [1.82, 2.24) is 9.97 Å². The molecule has 0 bridgehead atoms. The molecule has 0 fully saturated rings. The molecular weight excluding hydrogens is 540 g/mol. The molecule has 1 N–H and O–H groups in total. The standard InChI is InChI=1S/C27H25Cl3FN3O3/c28-8-2-10-35-25-14-21-23(15-26(25)36-11-3-9-29)32-17-33-27(21)34-20-6-7-24(22(30)13-20)37-16-18-4-1-5-19(31)12-18/h1,4-7,12-15,17H,2-3,8-11,16H2,(H,32,33,34). The molecule has 1 heterocycles. The van der Waals surface area contributed by atoms with Crippen LogP contribution in [0.15, 0.2) is 60.9 Å². The van der Waals surface area contributed by atoms with Crippen LogP contribution in [0.5, 0.6) is 17.2 Å². The number of alkyl halides is 2. The Morgan fingerprint density at radius 2 is 1.57 bits per heavy atom. The van der Waals surface area contributed by atoms with Gasteiger partial charge in [-0.2, -0.15) is 0 Å². The SMILES string of the molecule is Fc1cccc(COc2ccc(Nc3ncnc4cc(OCCCCl)c(OCCCCl)cc34)cc2Cl)c1. The van der Waals surface area contributed by atoms with Crippen LogP contribution in [-0.4, -0.2) is 34.9 Å². The summed E-state index contributed by atoms with van der Waals surface area (Å²) in [6, 6.07) is 15.2. The highest BCUT2D eigenvalue weighted by molar-refractivity contribution is 6.32. The van der Waals surface area contributed by atoms with E-state index in [0.717, 1.165) is 5.39 Å². The molecule has 1 aromatic heterocycles. The predicted octanol–water partition coefficient (Wildman–Crippen LogP) is 7.76. The number of hydrogen-bond acceptors (Lipinski definition) is 6. The van der Waals surface area contributed by atoms with Crippen molar-refractivity contribution in [2.24, 2.45) is 0 Å². The van der Waals surface area contributed by atoms with Gasteiger partial charge in [-0.3, -0.25) is 0 Å². The summed E-state index contributed by atoms with van der Waals surface area (Å²) in [7, 11) is 0. The molecule has 6 nitrogen and oxygen atoms in total. The number of ether oxygens (including phenoxy) is 3.